The highest BCUT2D eigenvalue weighted by Crippen LogP contribution is 2.15. The fraction of sp³-hybridized carbons (Fsp3) is 0.400. The fourth-order valence-electron chi connectivity index (χ4n) is 1.05. The summed E-state index contributed by atoms with van der Waals surface area (Å²) in [6.07, 6.45) is 3.15. The third-order valence-electron chi connectivity index (χ3n) is 1.78. The molecule has 0 amide bonds. The van der Waals surface area contributed by atoms with E-state index in [-0.39, 0.29) is 5.69 Å². The number of pyridine rings is 1. The lowest BCUT2D eigenvalue weighted by molar-refractivity contribution is 0.980. The second-order valence-electron chi connectivity index (χ2n) is 2.91. The standard InChI is InChI=1S/C10H12ClN3S/c1-15-6-2-5-13-10-4-3-8(11)9(7-12)14-10/h3-4H,2,5-6H2,1H3,(H,13,14). The third-order valence-corrected chi connectivity index (χ3v) is 2.79. The maximum Gasteiger partial charge on any atom is 0.161 e. The summed E-state index contributed by atoms with van der Waals surface area (Å²) in [5.74, 6) is 1.82. The second kappa shape index (κ2) is 6.54. The molecule has 0 aliphatic heterocycles. The summed E-state index contributed by atoms with van der Waals surface area (Å²) in [6.45, 7) is 0.861. The van der Waals surface area contributed by atoms with Crippen LogP contribution in [0.2, 0.25) is 5.02 Å². The van der Waals surface area contributed by atoms with Crippen molar-refractivity contribution in [3.63, 3.8) is 0 Å². The summed E-state index contributed by atoms with van der Waals surface area (Å²) in [5, 5.41) is 12.3. The van der Waals surface area contributed by atoms with Crippen LogP contribution >= 0.6 is 23.4 Å². The molecule has 0 aliphatic carbocycles. The van der Waals surface area contributed by atoms with E-state index in [9.17, 15) is 0 Å². The van der Waals surface area contributed by atoms with Crippen LogP contribution in [0, 0.1) is 11.3 Å². The van der Waals surface area contributed by atoms with Gasteiger partial charge in [-0.3, -0.25) is 0 Å². The molecule has 3 nitrogen and oxygen atoms in total. The van der Waals surface area contributed by atoms with Crippen LogP contribution in [0.3, 0.4) is 0 Å². The molecule has 1 aromatic heterocycles. The predicted octanol–water partition coefficient (Wildman–Crippen LogP) is 2.77. The second-order valence-corrected chi connectivity index (χ2v) is 4.30. The number of halogens is 1. The average molecular weight is 242 g/mol. The van der Waals surface area contributed by atoms with Gasteiger partial charge in [-0.1, -0.05) is 11.6 Å². The molecule has 0 unspecified atom stereocenters. The van der Waals surface area contributed by atoms with Crippen molar-refractivity contribution in [3.05, 3.63) is 22.8 Å². The molecular formula is C10H12ClN3S. The van der Waals surface area contributed by atoms with Gasteiger partial charge in [0, 0.05) is 6.54 Å². The Hall–Kier alpha value is -0.920. The van der Waals surface area contributed by atoms with Gasteiger partial charge in [0.05, 0.1) is 5.02 Å². The highest BCUT2D eigenvalue weighted by atomic mass is 35.5. The van der Waals surface area contributed by atoms with Gasteiger partial charge in [-0.25, -0.2) is 4.98 Å². The third kappa shape index (κ3) is 3.98. The van der Waals surface area contributed by atoms with Crippen LogP contribution in [0.4, 0.5) is 5.82 Å². The molecule has 1 rings (SSSR count). The molecule has 5 heteroatoms. The molecule has 0 saturated heterocycles. The number of aromatic nitrogens is 1. The molecule has 0 saturated carbocycles. The lowest BCUT2D eigenvalue weighted by atomic mass is 10.3. The molecular weight excluding hydrogens is 230 g/mol. The molecule has 1 heterocycles. The molecule has 15 heavy (non-hydrogen) atoms. The maximum absolute atomic E-state index is 8.72. The van der Waals surface area contributed by atoms with Crippen molar-refractivity contribution < 1.29 is 0 Å². The van der Waals surface area contributed by atoms with Gasteiger partial charge in [-0.15, -0.1) is 0 Å². The Morgan fingerprint density at radius 2 is 2.40 bits per heavy atom. The van der Waals surface area contributed by atoms with E-state index >= 15 is 0 Å². The first-order chi connectivity index (χ1) is 7.27. The maximum atomic E-state index is 8.72. The summed E-state index contributed by atoms with van der Waals surface area (Å²) in [6, 6.07) is 5.41. The van der Waals surface area contributed by atoms with E-state index in [0.717, 1.165) is 18.7 Å². The normalized spacial score (nSPS) is 9.67. The van der Waals surface area contributed by atoms with Crippen LogP contribution in [0.25, 0.3) is 0 Å². The number of nitrogens with zero attached hydrogens (tertiary/aromatic N) is 2. The van der Waals surface area contributed by atoms with Crippen LogP contribution in [-0.4, -0.2) is 23.5 Å². The van der Waals surface area contributed by atoms with E-state index < -0.39 is 0 Å². The van der Waals surface area contributed by atoms with Gasteiger partial charge >= 0.3 is 0 Å². The van der Waals surface area contributed by atoms with Gasteiger partial charge in [0.1, 0.15) is 11.9 Å². The number of thioether (sulfide) groups is 1. The smallest absolute Gasteiger partial charge is 0.161 e. The monoisotopic (exact) mass is 241 g/mol. The van der Waals surface area contributed by atoms with E-state index in [1.807, 2.05) is 17.8 Å². The van der Waals surface area contributed by atoms with Crippen LogP contribution < -0.4 is 5.32 Å². The van der Waals surface area contributed by atoms with E-state index in [1.165, 1.54) is 0 Å². The van der Waals surface area contributed by atoms with Crippen molar-refractivity contribution in [2.75, 3.05) is 23.9 Å². The first kappa shape index (κ1) is 12.2. The van der Waals surface area contributed by atoms with Gasteiger partial charge in [0.15, 0.2) is 5.69 Å². The van der Waals surface area contributed by atoms with Gasteiger partial charge in [-0.05, 0) is 30.6 Å². The van der Waals surface area contributed by atoms with Crippen molar-refractivity contribution in [1.82, 2.24) is 4.98 Å². The Morgan fingerprint density at radius 3 is 3.07 bits per heavy atom. The quantitative estimate of drug-likeness (QED) is 0.806. The zero-order valence-corrected chi connectivity index (χ0v) is 10.0. The molecule has 1 N–H and O–H groups in total. The van der Waals surface area contributed by atoms with E-state index in [2.05, 4.69) is 16.6 Å². The minimum absolute atomic E-state index is 0.270. The predicted molar refractivity (Wildman–Crippen MR) is 65.5 cm³/mol. The molecule has 0 aromatic carbocycles. The molecule has 1 aromatic rings. The number of nitrogens with one attached hydrogen (secondary N) is 1. The molecule has 80 valence electrons. The number of nitriles is 1. The van der Waals surface area contributed by atoms with Crippen LogP contribution in [0.1, 0.15) is 12.1 Å². The highest BCUT2D eigenvalue weighted by molar-refractivity contribution is 7.98. The molecule has 0 atom stereocenters. The van der Waals surface area contributed by atoms with Crippen molar-refractivity contribution in [2.45, 2.75) is 6.42 Å². The van der Waals surface area contributed by atoms with Gasteiger partial charge in [-0.2, -0.15) is 17.0 Å². The number of anilines is 1. The van der Waals surface area contributed by atoms with Crippen molar-refractivity contribution in [1.29, 1.82) is 5.26 Å². The minimum Gasteiger partial charge on any atom is -0.370 e. The SMILES string of the molecule is CSCCCNc1ccc(Cl)c(C#N)n1. The minimum atomic E-state index is 0.270. The summed E-state index contributed by atoms with van der Waals surface area (Å²) in [5.41, 5.74) is 0.270. The summed E-state index contributed by atoms with van der Waals surface area (Å²) in [7, 11) is 0. The fourth-order valence-corrected chi connectivity index (χ4v) is 1.63. The van der Waals surface area contributed by atoms with Gasteiger partial charge in [0.2, 0.25) is 0 Å². The first-order valence-electron chi connectivity index (χ1n) is 4.57. The average Bonchev–Trinajstić information content (AvgIpc) is 2.26. The molecule has 0 fully saturated rings. The van der Waals surface area contributed by atoms with Crippen molar-refractivity contribution >= 4 is 29.2 Å². The lowest BCUT2D eigenvalue weighted by Crippen LogP contribution is -2.04. The van der Waals surface area contributed by atoms with E-state index in [1.54, 1.807) is 12.1 Å². The van der Waals surface area contributed by atoms with E-state index in [0.29, 0.717) is 10.8 Å². The summed E-state index contributed by atoms with van der Waals surface area (Å²) in [4.78, 5) is 4.08. The first-order valence-corrected chi connectivity index (χ1v) is 6.34. The van der Waals surface area contributed by atoms with Crippen molar-refractivity contribution in [3.8, 4) is 6.07 Å². The van der Waals surface area contributed by atoms with Crippen molar-refractivity contribution in [2.24, 2.45) is 0 Å². The molecule has 0 bridgehead atoms. The Labute approximate surface area is 98.8 Å². The van der Waals surface area contributed by atoms with E-state index in [4.69, 9.17) is 16.9 Å². The van der Waals surface area contributed by atoms with Crippen LogP contribution in [0.5, 0.6) is 0 Å². The highest BCUT2D eigenvalue weighted by Gasteiger charge is 2.01. The number of hydrogen-bond acceptors (Lipinski definition) is 4. The van der Waals surface area contributed by atoms with Crippen LogP contribution in [-0.2, 0) is 0 Å². The zero-order chi connectivity index (χ0) is 11.1. The number of hydrogen-bond donors (Lipinski definition) is 1. The van der Waals surface area contributed by atoms with Gasteiger partial charge in [0.25, 0.3) is 0 Å². The Bertz CT molecular complexity index is 362. The summed E-state index contributed by atoms with van der Waals surface area (Å²) >= 11 is 7.58. The summed E-state index contributed by atoms with van der Waals surface area (Å²) < 4.78 is 0. The lowest BCUT2D eigenvalue weighted by Gasteiger charge is -2.05. The number of rotatable bonds is 5. The Morgan fingerprint density at radius 1 is 1.60 bits per heavy atom. The molecule has 0 aliphatic rings. The zero-order valence-electron chi connectivity index (χ0n) is 8.46. The van der Waals surface area contributed by atoms with Crippen LogP contribution in [0.15, 0.2) is 12.1 Å². The van der Waals surface area contributed by atoms with Gasteiger partial charge < -0.3 is 5.32 Å². The molecule has 0 spiro atoms. The Kier molecular flexibility index (Phi) is 5.30. The topological polar surface area (TPSA) is 48.7 Å². The Balaban J connectivity index is 2.52. The molecule has 0 radical (unpaired) electrons. The largest absolute Gasteiger partial charge is 0.370 e.